The minimum absolute atomic E-state index is 0.121. The number of nitrogens with zero attached hydrogens (tertiary/aromatic N) is 2. The molecule has 1 aliphatic rings. The minimum Gasteiger partial charge on any atom is -0.490 e. The topological polar surface area (TPSA) is 41.9 Å². The Morgan fingerprint density at radius 1 is 0.972 bits per heavy atom. The number of amidine groups is 1. The monoisotopic (exact) mass is 546 g/mol. The first kappa shape index (κ1) is 26.5. The standard InChI is InChI=1S/C28H26Cl3FN2O2/c1-28(2,3)19-8-13-22(23(16-19)36-15-14-32)26-33-24(17-4-9-20(29)10-5-17)25(34(26)27(31)35)18-6-11-21(30)12-7-18/h4-13,16,24-25H,14-15H2,1-3H3/t24-,25+/m0/s1. The van der Waals surface area contributed by atoms with Crippen LogP contribution >= 0.6 is 34.8 Å². The Morgan fingerprint density at radius 2 is 1.56 bits per heavy atom. The van der Waals surface area contributed by atoms with Gasteiger partial charge in [0.05, 0.1) is 11.6 Å². The highest BCUT2D eigenvalue weighted by molar-refractivity contribution is 6.64. The lowest BCUT2D eigenvalue weighted by atomic mass is 9.86. The Hall–Kier alpha value is -2.60. The number of rotatable bonds is 6. The zero-order chi connectivity index (χ0) is 26.0. The number of aliphatic imine (C=N–C) groups is 1. The van der Waals surface area contributed by atoms with Gasteiger partial charge in [0.1, 0.15) is 30.9 Å². The Morgan fingerprint density at radius 3 is 2.08 bits per heavy atom. The van der Waals surface area contributed by atoms with E-state index in [2.05, 4.69) is 20.8 Å². The van der Waals surface area contributed by atoms with Gasteiger partial charge in [-0.25, -0.2) is 4.39 Å². The molecule has 0 spiro atoms. The molecule has 0 radical (unpaired) electrons. The molecule has 4 rings (SSSR count). The second-order valence-electron chi connectivity index (χ2n) is 9.57. The van der Waals surface area contributed by atoms with Crippen LogP contribution in [0.5, 0.6) is 5.75 Å². The van der Waals surface area contributed by atoms with Gasteiger partial charge in [-0.05, 0) is 70.1 Å². The molecular formula is C28H26Cl3FN2O2. The lowest BCUT2D eigenvalue weighted by molar-refractivity contribution is 0.231. The fourth-order valence-corrected chi connectivity index (χ4v) is 4.72. The number of hydrogen-bond donors (Lipinski definition) is 0. The van der Waals surface area contributed by atoms with Crippen molar-refractivity contribution in [1.29, 1.82) is 0 Å². The molecule has 0 fully saturated rings. The Labute approximate surface area is 225 Å². The van der Waals surface area contributed by atoms with E-state index in [0.717, 1.165) is 16.7 Å². The summed E-state index contributed by atoms with van der Waals surface area (Å²) in [5.74, 6) is 0.789. The largest absolute Gasteiger partial charge is 0.490 e. The number of carbonyl (C=O) groups is 1. The molecule has 0 N–H and O–H groups in total. The van der Waals surface area contributed by atoms with Gasteiger partial charge >= 0.3 is 5.37 Å². The fraction of sp³-hybridized carbons (Fsp3) is 0.286. The van der Waals surface area contributed by atoms with E-state index in [1.54, 1.807) is 24.3 Å². The van der Waals surface area contributed by atoms with Gasteiger partial charge in [0.2, 0.25) is 0 Å². The van der Waals surface area contributed by atoms with Crippen LogP contribution in [0.25, 0.3) is 0 Å². The van der Waals surface area contributed by atoms with Crippen molar-refractivity contribution >= 4 is 46.0 Å². The maximum atomic E-state index is 13.1. The van der Waals surface area contributed by atoms with E-state index >= 15 is 0 Å². The third-order valence-electron chi connectivity index (χ3n) is 6.10. The summed E-state index contributed by atoms with van der Waals surface area (Å²) < 4.78 is 18.9. The van der Waals surface area contributed by atoms with Crippen LogP contribution in [0.2, 0.25) is 10.0 Å². The summed E-state index contributed by atoms with van der Waals surface area (Å²) in [6, 6.07) is 19.2. The molecule has 8 heteroatoms. The molecule has 3 aromatic carbocycles. The summed E-state index contributed by atoms with van der Waals surface area (Å²) in [5, 5.41) is 0.472. The summed E-state index contributed by atoms with van der Waals surface area (Å²) in [5.41, 5.74) is 3.06. The molecule has 2 atom stereocenters. The molecule has 0 bridgehead atoms. The quantitative estimate of drug-likeness (QED) is 0.229. The van der Waals surface area contributed by atoms with Gasteiger partial charge in [-0.2, -0.15) is 0 Å². The maximum Gasteiger partial charge on any atom is 0.322 e. The summed E-state index contributed by atoms with van der Waals surface area (Å²) in [7, 11) is 0. The van der Waals surface area contributed by atoms with Crippen molar-refractivity contribution in [3.63, 3.8) is 0 Å². The Balaban J connectivity index is 1.91. The van der Waals surface area contributed by atoms with E-state index in [4.69, 9.17) is 44.5 Å². The first-order valence-electron chi connectivity index (χ1n) is 11.5. The number of hydrogen-bond acceptors (Lipinski definition) is 3. The predicted molar refractivity (Wildman–Crippen MR) is 145 cm³/mol. The summed E-state index contributed by atoms with van der Waals surface area (Å²) >= 11 is 18.5. The highest BCUT2D eigenvalue weighted by Gasteiger charge is 2.42. The number of alkyl halides is 1. The predicted octanol–water partition coefficient (Wildman–Crippen LogP) is 8.54. The van der Waals surface area contributed by atoms with Gasteiger partial charge in [0, 0.05) is 10.0 Å². The van der Waals surface area contributed by atoms with Crippen LogP contribution < -0.4 is 4.74 Å². The van der Waals surface area contributed by atoms with Crippen molar-refractivity contribution in [2.75, 3.05) is 13.3 Å². The summed E-state index contributed by atoms with van der Waals surface area (Å²) in [6.07, 6.45) is 0. The fourth-order valence-electron chi connectivity index (χ4n) is 4.28. The molecule has 3 aromatic rings. The molecular weight excluding hydrogens is 522 g/mol. The van der Waals surface area contributed by atoms with Crippen LogP contribution in [0.1, 0.15) is 55.1 Å². The number of amides is 1. The van der Waals surface area contributed by atoms with Gasteiger partial charge in [0.25, 0.3) is 0 Å². The molecule has 188 valence electrons. The van der Waals surface area contributed by atoms with E-state index in [-0.39, 0.29) is 12.0 Å². The molecule has 1 aliphatic heterocycles. The van der Waals surface area contributed by atoms with Crippen LogP contribution in [0.15, 0.2) is 71.7 Å². The molecule has 0 unspecified atom stereocenters. The zero-order valence-corrected chi connectivity index (χ0v) is 22.4. The first-order chi connectivity index (χ1) is 17.1. The van der Waals surface area contributed by atoms with E-state index in [1.165, 1.54) is 4.90 Å². The van der Waals surface area contributed by atoms with Crippen molar-refractivity contribution in [3.05, 3.63) is 99.0 Å². The second kappa shape index (κ2) is 10.8. The van der Waals surface area contributed by atoms with Gasteiger partial charge in [0.15, 0.2) is 0 Å². The summed E-state index contributed by atoms with van der Waals surface area (Å²) in [6.45, 7) is 5.47. The maximum absolute atomic E-state index is 13.1. The molecule has 36 heavy (non-hydrogen) atoms. The van der Waals surface area contributed by atoms with Gasteiger partial charge in [-0.3, -0.25) is 14.7 Å². The Bertz CT molecular complexity index is 1270. The smallest absolute Gasteiger partial charge is 0.322 e. The minimum atomic E-state index is -0.693. The number of ether oxygens (including phenoxy) is 1. The van der Waals surface area contributed by atoms with Crippen LogP contribution in [0, 0.1) is 0 Å². The van der Waals surface area contributed by atoms with Crippen molar-refractivity contribution in [2.24, 2.45) is 4.99 Å². The first-order valence-corrected chi connectivity index (χ1v) is 12.6. The van der Waals surface area contributed by atoms with Crippen LogP contribution in [0.3, 0.4) is 0 Å². The second-order valence-corrected chi connectivity index (χ2v) is 10.8. The molecule has 4 nitrogen and oxygen atoms in total. The highest BCUT2D eigenvalue weighted by atomic mass is 35.5. The number of benzene rings is 3. The number of carbonyl (C=O) groups excluding carboxylic acids is 1. The van der Waals surface area contributed by atoms with E-state index in [0.29, 0.717) is 27.2 Å². The molecule has 1 amide bonds. The van der Waals surface area contributed by atoms with Crippen molar-refractivity contribution in [2.45, 2.75) is 38.3 Å². The van der Waals surface area contributed by atoms with Crippen molar-refractivity contribution < 1.29 is 13.9 Å². The molecule has 0 aliphatic carbocycles. The van der Waals surface area contributed by atoms with E-state index in [9.17, 15) is 9.18 Å². The SMILES string of the molecule is CC(C)(C)c1ccc(C2=N[C@@H](c3ccc(Cl)cc3)[C@@H](c3ccc(Cl)cc3)N2C(=O)Cl)c(OCCF)c1. The van der Waals surface area contributed by atoms with Crippen LogP contribution in [-0.4, -0.2) is 29.4 Å². The van der Waals surface area contributed by atoms with Crippen LogP contribution in [-0.2, 0) is 5.41 Å². The average molecular weight is 548 g/mol. The molecule has 0 saturated heterocycles. The normalized spacial score (nSPS) is 17.8. The third-order valence-corrected chi connectivity index (χ3v) is 6.79. The van der Waals surface area contributed by atoms with E-state index in [1.807, 2.05) is 42.5 Å². The Kier molecular flexibility index (Phi) is 7.93. The molecule has 0 aromatic heterocycles. The molecule has 0 saturated carbocycles. The zero-order valence-electron chi connectivity index (χ0n) is 20.1. The third kappa shape index (κ3) is 5.54. The lowest BCUT2D eigenvalue weighted by Gasteiger charge is -2.28. The van der Waals surface area contributed by atoms with Crippen molar-refractivity contribution in [3.8, 4) is 5.75 Å². The van der Waals surface area contributed by atoms with Gasteiger partial charge in [-0.15, -0.1) is 0 Å². The van der Waals surface area contributed by atoms with Crippen molar-refractivity contribution in [1.82, 2.24) is 4.90 Å². The van der Waals surface area contributed by atoms with E-state index < -0.39 is 24.1 Å². The van der Waals surface area contributed by atoms with Gasteiger partial charge in [-0.1, -0.05) is 74.3 Å². The molecule has 1 heterocycles. The average Bonchev–Trinajstić information content (AvgIpc) is 3.23. The van der Waals surface area contributed by atoms with Gasteiger partial charge < -0.3 is 4.74 Å². The summed E-state index contributed by atoms with van der Waals surface area (Å²) in [4.78, 5) is 19.4. The number of halogens is 4. The lowest BCUT2D eigenvalue weighted by Crippen LogP contribution is -2.34. The highest BCUT2D eigenvalue weighted by Crippen LogP contribution is 2.45. The van der Waals surface area contributed by atoms with Crippen LogP contribution in [0.4, 0.5) is 9.18 Å².